The van der Waals surface area contributed by atoms with Crippen LogP contribution in [0.1, 0.15) is 112 Å². The van der Waals surface area contributed by atoms with Crippen molar-refractivity contribution in [1.82, 2.24) is 49.0 Å². The number of rotatable bonds is 36. The van der Waals surface area contributed by atoms with Gasteiger partial charge in [-0.25, -0.2) is 24.0 Å². The van der Waals surface area contributed by atoms with Crippen molar-refractivity contribution in [2.24, 2.45) is 0 Å². The molecular weight excluding hydrogens is 2040 g/mol. The standard InChI is InChI=1S/C20H28F3N3O4.C19H25ClF3N3O4.C19H26F3N3O4.C18H23ClF3N3O4.C17H21ClF3N3O4/c1-14-5-6-16(17(12-14)24-7-3-4-18(27)28)13-25-8-10-26(11-9-25)19(29)30-15(2)20(21,22)23;1-13(19(21,22)23)30-18(29)26-9-7-25(8-10-26)12-14-4-5-15(20)11-16(14)24-6-2-3-17(27)28;1-13-3-4-15(16(11-13)23-6-5-17(26)27)12-24-7-9-25(10-8-24)18(28)29-14(2)19(20,21)22;1-12(18(20,21)22)29-17(28)25-8-6-24(7-9-25)11-13-2-3-14(19)10-15(13)23-5-4-16(26)27;1-11(17(19,20)21)28-16(27)24-6-4-23(5-7-24)10-12-2-3-13(18)8-14(12)22-9-15(25)26/h5-6,12,15,24H,3-4,7-11,13H2,1-2H3,(H,27,28);4-5,11,13,24H,2-3,6-10,12H2,1H3,(H,27,28);3-4,11,14,23H,5-10,12H2,1-2H3,(H,26,27);2-3,10,12,23H,4-9,11H2,1H3,(H,26,27);2-3,8,11,22H,4-7,9-10H2,1H3,(H,25,26). The molecule has 35 nitrogen and oxygen atoms in total. The number of carboxylic acid groups (broad SMARTS) is 5. The highest BCUT2D eigenvalue weighted by molar-refractivity contribution is 6.31. The minimum absolute atomic E-state index is 0.00448. The van der Waals surface area contributed by atoms with E-state index in [2.05, 4.69) is 65.0 Å². The molecular formula is C93H123Cl3F15N15O20. The number of carboxylic acids is 5. The van der Waals surface area contributed by atoms with Crippen molar-refractivity contribution in [2.75, 3.05) is 190 Å². The second kappa shape index (κ2) is 58.8. The molecule has 5 heterocycles. The van der Waals surface area contributed by atoms with E-state index in [9.17, 15) is 114 Å². The number of piperazine rings is 5. The van der Waals surface area contributed by atoms with Gasteiger partial charge in [0.05, 0.1) is 12.8 Å². The Bertz CT molecular complexity index is 4800. The molecule has 5 aliphatic heterocycles. The zero-order valence-electron chi connectivity index (χ0n) is 81.1. The Morgan fingerprint density at radius 3 is 0.671 bits per heavy atom. The summed E-state index contributed by atoms with van der Waals surface area (Å²) in [6.45, 7) is 19.4. The third-order valence-corrected chi connectivity index (χ3v) is 23.8. The molecule has 5 saturated heterocycles. The zero-order chi connectivity index (χ0) is 109. The number of aryl methyl sites for hydroxylation is 2. The highest BCUT2D eigenvalue weighted by Crippen LogP contribution is 2.34. The number of nitrogens with zero attached hydrogens (tertiary/aromatic N) is 10. The van der Waals surface area contributed by atoms with Crippen molar-refractivity contribution in [2.45, 2.75) is 181 Å². The van der Waals surface area contributed by atoms with E-state index in [1.807, 2.05) is 72.2 Å². The first-order valence-corrected chi connectivity index (χ1v) is 47.5. The molecule has 816 valence electrons. The fraction of sp³-hybridized carbons (Fsp3) is 0.570. The predicted molar refractivity (Wildman–Crippen MR) is 509 cm³/mol. The molecule has 53 heteroatoms. The van der Waals surface area contributed by atoms with Gasteiger partial charge < -0.3 is 100 Å². The van der Waals surface area contributed by atoms with Crippen LogP contribution in [0.5, 0.6) is 0 Å². The fourth-order valence-corrected chi connectivity index (χ4v) is 14.9. The highest BCUT2D eigenvalue weighted by Gasteiger charge is 2.45. The molecule has 5 aromatic carbocycles. The van der Waals surface area contributed by atoms with E-state index in [0.29, 0.717) is 151 Å². The number of hydrogen-bond acceptors (Lipinski definition) is 25. The summed E-state index contributed by atoms with van der Waals surface area (Å²) >= 11 is 18.0. The molecule has 5 unspecified atom stereocenters. The van der Waals surface area contributed by atoms with Crippen LogP contribution in [-0.4, -0.2) is 360 Å². The zero-order valence-corrected chi connectivity index (χ0v) is 83.4. The van der Waals surface area contributed by atoms with Gasteiger partial charge in [0.25, 0.3) is 0 Å². The van der Waals surface area contributed by atoms with Gasteiger partial charge in [-0.3, -0.25) is 48.5 Å². The quantitative estimate of drug-likeness (QED) is 0.0101. The monoisotopic (exact) mass is 2160 g/mol. The molecule has 5 atom stereocenters. The Balaban J connectivity index is 0.000000279. The van der Waals surface area contributed by atoms with Crippen molar-refractivity contribution in [1.29, 1.82) is 0 Å². The summed E-state index contributed by atoms with van der Waals surface area (Å²) in [5.41, 5.74) is 10.7. The summed E-state index contributed by atoms with van der Waals surface area (Å²) in [4.78, 5) is 130. The molecule has 10 N–H and O–H groups in total. The van der Waals surface area contributed by atoms with E-state index in [4.69, 9.17) is 60.3 Å². The molecule has 5 amide bonds. The summed E-state index contributed by atoms with van der Waals surface area (Å²) in [6, 6.07) is 27.6. The van der Waals surface area contributed by atoms with Crippen LogP contribution in [0.2, 0.25) is 15.1 Å². The van der Waals surface area contributed by atoms with Gasteiger partial charge >= 0.3 is 91.2 Å². The average molecular weight is 2160 g/mol. The summed E-state index contributed by atoms with van der Waals surface area (Å²) in [5, 5.41) is 60.9. The SMILES string of the molecule is CC(OC(=O)N1CCN(Cc2ccc(Cl)cc2NCC(=O)O)CC1)C(F)(F)F.CC(OC(=O)N1CCN(Cc2ccc(Cl)cc2NCCC(=O)O)CC1)C(F)(F)F.CC(OC(=O)N1CCN(Cc2ccc(Cl)cc2NCCCC(=O)O)CC1)C(F)(F)F.Cc1ccc(CN2CCN(C(=O)OC(C)C(F)(F)F)CC2)c(NCCC(=O)O)c1.Cc1ccc(CN2CCN(C(=O)OC(C)C(F)(F)F)CC2)c(NCCCC(=O)O)c1. The number of nitrogens with one attached hydrogen (secondary N) is 5. The number of amides is 5. The smallest absolute Gasteiger partial charge is 0.425 e. The van der Waals surface area contributed by atoms with Crippen LogP contribution < -0.4 is 26.6 Å². The lowest BCUT2D eigenvalue weighted by molar-refractivity contribution is -0.200. The second-order valence-electron chi connectivity index (χ2n) is 34.6. The Kier molecular flexibility index (Phi) is 49.6. The Hall–Kier alpha value is -11.6. The van der Waals surface area contributed by atoms with Gasteiger partial charge in [-0.2, -0.15) is 65.9 Å². The van der Waals surface area contributed by atoms with E-state index < -0.39 is 122 Å². The third-order valence-electron chi connectivity index (χ3n) is 23.1. The summed E-state index contributed by atoms with van der Waals surface area (Å²) in [7, 11) is 0. The predicted octanol–water partition coefficient (Wildman–Crippen LogP) is 16.9. The van der Waals surface area contributed by atoms with Crippen LogP contribution in [-0.2, 0) is 80.4 Å². The van der Waals surface area contributed by atoms with Crippen LogP contribution in [0, 0.1) is 13.8 Å². The van der Waals surface area contributed by atoms with Crippen LogP contribution in [0.25, 0.3) is 0 Å². The minimum Gasteiger partial charge on any atom is -0.481 e. The second-order valence-corrected chi connectivity index (χ2v) is 35.9. The van der Waals surface area contributed by atoms with Gasteiger partial charge in [0.15, 0.2) is 30.5 Å². The maximum Gasteiger partial charge on any atom is 0.425 e. The largest absolute Gasteiger partial charge is 0.481 e. The first-order valence-electron chi connectivity index (χ1n) is 46.4. The van der Waals surface area contributed by atoms with E-state index in [0.717, 1.165) is 96.3 Å². The maximum atomic E-state index is 12.6. The van der Waals surface area contributed by atoms with Gasteiger partial charge in [-0.05, 0) is 149 Å². The van der Waals surface area contributed by atoms with Gasteiger partial charge in [0, 0.05) is 246 Å². The number of carbonyl (C=O) groups is 10. The summed E-state index contributed by atoms with van der Waals surface area (Å²) in [5.74, 6) is -4.49. The lowest BCUT2D eigenvalue weighted by atomic mass is 10.1. The Morgan fingerprint density at radius 2 is 0.473 bits per heavy atom. The van der Waals surface area contributed by atoms with E-state index in [-0.39, 0.29) is 104 Å². The molecule has 5 aromatic rings. The molecule has 0 bridgehead atoms. The van der Waals surface area contributed by atoms with Gasteiger partial charge in [-0.1, -0.05) is 77.3 Å². The molecule has 5 fully saturated rings. The first-order chi connectivity index (χ1) is 68.3. The summed E-state index contributed by atoms with van der Waals surface area (Å²) in [6.07, 6.45) is -37.4. The number of hydrogen-bond donors (Lipinski definition) is 10. The van der Waals surface area contributed by atoms with Gasteiger partial charge in [0.2, 0.25) is 0 Å². The number of benzene rings is 5. The number of alkyl halides is 15. The topological polar surface area (TPSA) is 411 Å². The molecule has 10 rings (SSSR count). The van der Waals surface area contributed by atoms with Gasteiger partial charge in [0.1, 0.15) is 6.54 Å². The van der Waals surface area contributed by atoms with Gasteiger partial charge in [-0.15, -0.1) is 0 Å². The molecule has 0 saturated carbocycles. The maximum absolute atomic E-state index is 12.6. The van der Waals surface area contributed by atoms with Crippen molar-refractivity contribution < 1.29 is 163 Å². The summed E-state index contributed by atoms with van der Waals surface area (Å²) < 4.78 is 210. The molecule has 5 aliphatic rings. The molecule has 0 spiro atoms. The number of aliphatic carboxylic acids is 5. The molecule has 0 aliphatic carbocycles. The van der Waals surface area contributed by atoms with Crippen molar-refractivity contribution >= 4 is 124 Å². The molecule has 0 aromatic heterocycles. The normalized spacial score (nSPS) is 16.3. The Morgan fingerprint density at radius 1 is 0.281 bits per heavy atom. The van der Waals surface area contributed by atoms with E-state index in [1.54, 1.807) is 42.5 Å². The fourth-order valence-electron chi connectivity index (χ4n) is 14.4. The Labute approximate surface area is 848 Å². The van der Waals surface area contributed by atoms with Crippen LogP contribution in [0.15, 0.2) is 91.0 Å². The van der Waals surface area contributed by atoms with E-state index in [1.165, 1.54) is 24.5 Å². The van der Waals surface area contributed by atoms with E-state index >= 15 is 0 Å². The number of anilines is 5. The number of halogens is 18. The van der Waals surface area contributed by atoms with Crippen LogP contribution >= 0.6 is 34.8 Å². The average Bonchev–Trinajstić information content (AvgIpc) is 0.847. The van der Waals surface area contributed by atoms with Crippen molar-refractivity contribution in [3.8, 4) is 0 Å². The van der Waals surface area contributed by atoms with Crippen molar-refractivity contribution in [3.05, 3.63) is 145 Å². The highest BCUT2D eigenvalue weighted by atomic mass is 35.5. The number of carbonyl (C=O) groups excluding carboxylic acids is 5. The number of ether oxygens (including phenoxy) is 5. The third kappa shape index (κ3) is 45.4. The lowest BCUT2D eigenvalue weighted by Crippen LogP contribution is -2.49. The first kappa shape index (κ1) is 123. The van der Waals surface area contributed by atoms with Crippen LogP contribution in [0.3, 0.4) is 0 Å². The molecule has 146 heavy (non-hydrogen) atoms. The lowest BCUT2D eigenvalue weighted by Gasteiger charge is -2.35. The van der Waals surface area contributed by atoms with Crippen LogP contribution in [0.4, 0.5) is 118 Å². The molecule has 0 radical (unpaired) electrons. The van der Waals surface area contributed by atoms with Crippen molar-refractivity contribution in [3.63, 3.8) is 0 Å². The minimum atomic E-state index is -4.59.